The van der Waals surface area contributed by atoms with Gasteiger partial charge in [0.05, 0.1) is 10.5 Å². The Kier molecular flexibility index (Phi) is 2.94. The molecule has 0 aliphatic carbocycles. The van der Waals surface area contributed by atoms with Crippen LogP contribution >= 0.6 is 23.3 Å². The molecule has 1 aromatic heterocycles. The lowest BCUT2D eigenvalue weighted by molar-refractivity contribution is 0.600. The van der Waals surface area contributed by atoms with Crippen molar-refractivity contribution in [3.05, 3.63) is 17.5 Å². The van der Waals surface area contributed by atoms with Crippen molar-refractivity contribution in [1.82, 2.24) is 4.13 Å². The van der Waals surface area contributed by atoms with Crippen LogP contribution in [0.15, 0.2) is 21.7 Å². The van der Waals surface area contributed by atoms with E-state index in [0.29, 0.717) is 0 Å². The van der Waals surface area contributed by atoms with Gasteiger partial charge in [0.25, 0.3) is 0 Å². The molecule has 6 heteroatoms. The maximum absolute atomic E-state index is 10.6. The summed E-state index contributed by atoms with van der Waals surface area (Å²) < 4.78 is 24.5. The minimum Gasteiger partial charge on any atom is -0.212 e. The summed E-state index contributed by atoms with van der Waals surface area (Å²) in [5, 5.41) is 1.90. The van der Waals surface area contributed by atoms with Crippen LogP contribution in [0.25, 0.3) is 0 Å². The molecular formula is C5H7NO2S3. The molecule has 0 spiro atoms. The maximum Gasteiger partial charge on any atom is 0.218 e. The van der Waals surface area contributed by atoms with Crippen molar-refractivity contribution in [2.24, 2.45) is 0 Å². The molecule has 1 N–H and O–H groups in total. The molecule has 0 amide bonds. The Hall–Kier alpha value is -0.0400. The highest BCUT2D eigenvalue weighted by atomic mass is 32.3. The molecule has 0 fully saturated rings. The average Bonchev–Trinajstić information content (AvgIpc) is 2.32. The molecule has 3 nitrogen and oxygen atoms in total. The molecule has 62 valence electrons. The summed E-state index contributed by atoms with van der Waals surface area (Å²) in [6, 6.07) is 3.73. The Labute approximate surface area is 74.0 Å². The van der Waals surface area contributed by atoms with Crippen molar-refractivity contribution in [3.8, 4) is 0 Å². The van der Waals surface area contributed by atoms with Gasteiger partial charge in [-0.15, -0.1) is 11.3 Å². The average molecular weight is 209 g/mol. The van der Waals surface area contributed by atoms with Gasteiger partial charge in [-0.3, -0.25) is 0 Å². The molecular weight excluding hydrogens is 202 g/mol. The Balaban J connectivity index is 2.48. The van der Waals surface area contributed by atoms with Crippen molar-refractivity contribution in [3.63, 3.8) is 0 Å². The highest BCUT2D eigenvalue weighted by Crippen LogP contribution is 2.20. The molecule has 1 aromatic rings. The molecule has 11 heavy (non-hydrogen) atoms. The van der Waals surface area contributed by atoms with E-state index < -0.39 is 10.0 Å². The molecule has 0 saturated heterocycles. The molecule has 0 unspecified atom stereocenters. The third-order valence-electron chi connectivity index (χ3n) is 0.789. The molecule has 1 rings (SSSR count). The van der Waals surface area contributed by atoms with Crippen LogP contribution in [0.4, 0.5) is 0 Å². The van der Waals surface area contributed by atoms with E-state index in [1.54, 1.807) is 0 Å². The molecule has 0 aromatic carbocycles. The first-order valence-corrected chi connectivity index (χ1v) is 6.34. The van der Waals surface area contributed by atoms with Crippen LogP contribution < -0.4 is 4.13 Å². The quantitative estimate of drug-likeness (QED) is 0.763. The van der Waals surface area contributed by atoms with E-state index in [-0.39, 0.29) is 0 Å². The molecule has 0 radical (unpaired) electrons. The van der Waals surface area contributed by atoms with Gasteiger partial charge in [0.1, 0.15) is 0 Å². The molecule has 0 saturated carbocycles. The van der Waals surface area contributed by atoms with Crippen molar-refractivity contribution < 1.29 is 8.42 Å². The lowest BCUT2D eigenvalue weighted by Crippen LogP contribution is -2.12. The second-order valence-electron chi connectivity index (χ2n) is 1.89. The Bertz CT molecular complexity index is 302. The number of rotatable bonds is 3. The van der Waals surface area contributed by atoms with Gasteiger partial charge in [0.2, 0.25) is 10.0 Å². The fourth-order valence-electron chi connectivity index (χ4n) is 0.438. The molecule has 1 heterocycles. The van der Waals surface area contributed by atoms with Gasteiger partial charge in [-0.05, 0) is 23.4 Å². The predicted octanol–water partition coefficient (Wildman–Crippen LogP) is 1.30. The largest absolute Gasteiger partial charge is 0.218 e. The first-order chi connectivity index (χ1) is 5.08. The van der Waals surface area contributed by atoms with Crippen LogP contribution in [-0.4, -0.2) is 14.7 Å². The van der Waals surface area contributed by atoms with E-state index in [4.69, 9.17) is 0 Å². The van der Waals surface area contributed by atoms with Gasteiger partial charge in [-0.1, -0.05) is 6.07 Å². The van der Waals surface area contributed by atoms with Gasteiger partial charge in [0, 0.05) is 0 Å². The lowest BCUT2D eigenvalue weighted by atomic mass is 10.7. The van der Waals surface area contributed by atoms with E-state index in [1.165, 1.54) is 11.3 Å². The third kappa shape index (κ3) is 3.76. The number of hydrogen-bond acceptors (Lipinski definition) is 4. The Morgan fingerprint density at radius 2 is 2.36 bits per heavy atom. The summed E-state index contributed by atoms with van der Waals surface area (Å²) in [6.07, 6.45) is 1.13. The maximum atomic E-state index is 10.6. The predicted molar refractivity (Wildman–Crippen MR) is 48.2 cm³/mol. The smallest absolute Gasteiger partial charge is 0.212 e. The lowest BCUT2D eigenvalue weighted by Gasteiger charge is -1.96. The zero-order chi connectivity index (χ0) is 8.32. The van der Waals surface area contributed by atoms with Crippen molar-refractivity contribution in [2.75, 3.05) is 6.26 Å². The SMILES string of the molecule is CS(=O)(=O)NSc1cccs1. The van der Waals surface area contributed by atoms with Crippen LogP contribution in [0, 0.1) is 0 Å². The molecule has 0 aliphatic heterocycles. The first-order valence-electron chi connectivity index (χ1n) is 2.75. The fraction of sp³-hybridized carbons (Fsp3) is 0.200. The van der Waals surface area contributed by atoms with Crippen LogP contribution in [0.3, 0.4) is 0 Å². The summed E-state index contributed by atoms with van der Waals surface area (Å²) in [5.74, 6) is 0. The van der Waals surface area contributed by atoms with Crippen LogP contribution in [0.5, 0.6) is 0 Å². The molecule has 0 aliphatic rings. The highest BCUT2D eigenvalue weighted by molar-refractivity contribution is 8.09. The molecule has 0 bridgehead atoms. The monoisotopic (exact) mass is 209 g/mol. The van der Waals surface area contributed by atoms with Gasteiger partial charge in [0.15, 0.2) is 0 Å². The Morgan fingerprint density at radius 1 is 1.64 bits per heavy atom. The number of thiophene rings is 1. The van der Waals surface area contributed by atoms with Gasteiger partial charge < -0.3 is 0 Å². The van der Waals surface area contributed by atoms with E-state index in [2.05, 4.69) is 4.13 Å². The summed E-state index contributed by atoms with van der Waals surface area (Å²) >= 11 is 2.61. The van der Waals surface area contributed by atoms with Crippen molar-refractivity contribution in [1.29, 1.82) is 0 Å². The summed E-state index contributed by atoms with van der Waals surface area (Å²) in [6.45, 7) is 0. The first kappa shape index (κ1) is 9.05. The van der Waals surface area contributed by atoms with E-state index in [1.807, 2.05) is 17.5 Å². The standard InChI is InChI=1S/C5H7NO2S3/c1-11(7,8)6-10-5-3-2-4-9-5/h2-4,6H,1H3. The van der Waals surface area contributed by atoms with Gasteiger partial charge in [-0.25, -0.2) is 8.42 Å². The minimum atomic E-state index is -3.08. The van der Waals surface area contributed by atoms with Crippen LogP contribution in [-0.2, 0) is 10.0 Å². The summed E-state index contributed by atoms with van der Waals surface area (Å²) in [4.78, 5) is 0. The number of hydrogen-bond donors (Lipinski definition) is 1. The number of sulfonamides is 1. The van der Waals surface area contributed by atoms with Gasteiger partial charge in [-0.2, -0.15) is 4.13 Å². The normalized spacial score (nSPS) is 11.7. The summed E-state index contributed by atoms with van der Waals surface area (Å²) in [5.41, 5.74) is 0. The van der Waals surface area contributed by atoms with Crippen molar-refractivity contribution >= 4 is 33.3 Å². The van der Waals surface area contributed by atoms with Crippen LogP contribution in [0.2, 0.25) is 0 Å². The number of nitrogens with one attached hydrogen (secondary N) is 1. The highest BCUT2D eigenvalue weighted by Gasteiger charge is 2.01. The van der Waals surface area contributed by atoms with Crippen molar-refractivity contribution in [2.45, 2.75) is 4.21 Å². The minimum absolute atomic E-state index is 0.940. The topological polar surface area (TPSA) is 46.2 Å². The fourth-order valence-corrected chi connectivity index (χ4v) is 2.63. The van der Waals surface area contributed by atoms with E-state index >= 15 is 0 Å². The third-order valence-corrected chi connectivity index (χ3v) is 3.87. The van der Waals surface area contributed by atoms with E-state index in [9.17, 15) is 8.42 Å². The Morgan fingerprint density at radius 3 is 2.82 bits per heavy atom. The second kappa shape index (κ2) is 3.57. The van der Waals surface area contributed by atoms with E-state index in [0.717, 1.165) is 22.4 Å². The van der Waals surface area contributed by atoms with Gasteiger partial charge >= 0.3 is 0 Å². The zero-order valence-corrected chi connectivity index (χ0v) is 8.22. The van der Waals surface area contributed by atoms with Crippen LogP contribution in [0.1, 0.15) is 0 Å². The zero-order valence-electron chi connectivity index (χ0n) is 5.77. The molecule has 0 atom stereocenters. The summed E-state index contributed by atoms with van der Waals surface area (Å²) in [7, 11) is -3.08. The second-order valence-corrected chi connectivity index (χ2v) is 5.95.